The lowest BCUT2D eigenvalue weighted by Gasteiger charge is -2.36. The summed E-state index contributed by atoms with van der Waals surface area (Å²) >= 11 is 0. The van der Waals surface area contributed by atoms with Crippen LogP contribution in [0.2, 0.25) is 0 Å². The number of amides is 5. The summed E-state index contributed by atoms with van der Waals surface area (Å²) in [5.41, 5.74) is 4.32. The van der Waals surface area contributed by atoms with Crippen molar-refractivity contribution in [3.63, 3.8) is 0 Å². The summed E-state index contributed by atoms with van der Waals surface area (Å²) < 4.78 is 11.7. The molecule has 2 aromatic carbocycles. The Hall–Kier alpha value is -6.89. The SMILES string of the molecule is C/C=C/C[C@@H](C)[C@@H](OC(C)=O)[C@H](CC(=O)C(C(C)C)N(C)C(=O)[C@@H](CC(=O)[C@H](CC(C)C)N(C)C(=O)[C@@H](C)NC(=O)[C@H](C)CC(=O)[C@@H](CC(C)C)N(C)C(=O)[C@@H](CC(=O)OCC1c2ccccc2-c2ccccc21)C(C)C)CC(C)C)C(=O)N[C@@H](CC)C(=O)CCCO. The van der Waals surface area contributed by atoms with Crippen LogP contribution in [0.15, 0.2) is 60.7 Å². The molecule has 19 nitrogen and oxygen atoms in total. The highest BCUT2D eigenvalue weighted by Crippen LogP contribution is 2.45. The van der Waals surface area contributed by atoms with Gasteiger partial charge in [-0.2, -0.15) is 0 Å². The number of benzene rings is 2. The molecule has 0 saturated heterocycles. The van der Waals surface area contributed by atoms with Gasteiger partial charge in [0.1, 0.15) is 18.8 Å². The van der Waals surface area contributed by atoms with Gasteiger partial charge in [-0.15, -0.1) is 0 Å². The third-order valence-electron chi connectivity index (χ3n) is 18.1. The first kappa shape index (κ1) is 80.3. The molecule has 0 bridgehead atoms. The first-order valence-electron chi connectivity index (χ1n) is 33.9. The molecule has 1 unspecified atom stereocenters. The van der Waals surface area contributed by atoms with E-state index < -0.39 is 131 Å². The summed E-state index contributed by atoms with van der Waals surface area (Å²) in [6.07, 6.45) is 2.97. The van der Waals surface area contributed by atoms with Gasteiger partial charge in [0.2, 0.25) is 29.5 Å². The lowest BCUT2D eigenvalue weighted by atomic mass is 9.82. The van der Waals surface area contributed by atoms with Crippen molar-refractivity contribution >= 4 is 64.6 Å². The van der Waals surface area contributed by atoms with Crippen LogP contribution >= 0.6 is 0 Å². The quantitative estimate of drug-likeness (QED) is 0.0413. The number of likely N-dealkylation sites (N-methyl/N-ethyl adjacent to an activating group) is 3. The van der Waals surface area contributed by atoms with Crippen LogP contribution in [0, 0.1) is 59.2 Å². The van der Waals surface area contributed by atoms with Gasteiger partial charge in [-0.25, -0.2) is 0 Å². The number of nitrogens with zero attached hydrogens (tertiary/aromatic N) is 3. The number of ether oxygens (including phenoxy) is 2. The predicted molar refractivity (Wildman–Crippen MR) is 361 cm³/mol. The zero-order valence-electron chi connectivity index (χ0n) is 59.4. The number of aliphatic hydroxyl groups excluding tert-OH is 1. The highest BCUT2D eigenvalue weighted by Gasteiger charge is 2.43. The molecule has 0 radical (unpaired) electrons. The Labute approximate surface area is 555 Å². The van der Waals surface area contributed by atoms with Crippen molar-refractivity contribution in [1.82, 2.24) is 25.3 Å². The highest BCUT2D eigenvalue weighted by atomic mass is 16.5. The van der Waals surface area contributed by atoms with Crippen LogP contribution in [0.1, 0.15) is 198 Å². The summed E-state index contributed by atoms with van der Waals surface area (Å²) in [6.45, 7) is 28.2. The molecule has 518 valence electrons. The van der Waals surface area contributed by atoms with Crippen molar-refractivity contribution in [2.75, 3.05) is 34.4 Å². The average Bonchev–Trinajstić information content (AvgIpc) is 1.68. The van der Waals surface area contributed by atoms with Crippen molar-refractivity contribution in [2.24, 2.45) is 59.2 Å². The number of allylic oxidation sites excluding steroid dienone is 2. The van der Waals surface area contributed by atoms with E-state index in [1.165, 1.54) is 42.6 Å². The summed E-state index contributed by atoms with van der Waals surface area (Å²) in [5.74, 6) is -11.1. The standard InChI is InChI=1S/C74H113N5O14/c1-20-22-28-48(13)69(93-51(16)81)58(71(88)76-60(21-2)63(82)33-27-34-80)40-66(85)68(47(11)12)79(19)73(90)52(35-43(3)4)39-65(84)62(37-45(7)8)77(17)72(89)50(15)75-70(87)49(14)38-64(83)61(36-44(5)6)78(18)74(91)57(46(9)10)41-67(86)92-42-59-55-31-25-23-29-53(55)54-30-24-26-32-56(54)59/h20,22-26,29-32,43-50,52,57-62,68-69,80H,21,27-28,33-42H2,1-19H3,(H,75,87)(H,76,88)/b22-20+/t48-,49-,50-,52-,57+,58+,60+,61-,62+,68?,69-/m1/s1. The minimum Gasteiger partial charge on any atom is -0.465 e. The van der Waals surface area contributed by atoms with Gasteiger partial charge in [-0.3, -0.25) is 52.7 Å². The number of rotatable bonds is 41. The fourth-order valence-electron chi connectivity index (χ4n) is 13.0. The summed E-state index contributed by atoms with van der Waals surface area (Å²) in [4.78, 5) is 160. The van der Waals surface area contributed by atoms with Crippen LogP contribution in [0.4, 0.5) is 0 Å². The zero-order valence-corrected chi connectivity index (χ0v) is 59.4. The first-order chi connectivity index (χ1) is 43.6. The number of ketones is 4. The maximum atomic E-state index is 15.0. The van der Waals surface area contributed by atoms with Crippen LogP contribution in [0.5, 0.6) is 0 Å². The second kappa shape index (κ2) is 38.5. The molecule has 0 aliphatic heterocycles. The molecule has 93 heavy (non-hydrogen) atoms. The van der Waals surface area contributed by atoms with Gasteiger partial charge in [0.05, 0.1) is 42.4 Å². The molecule has 0 aromatic heterocycles. The first-order valence-corrected chi connectivity index (χ1v) is 33.9. The van der Waals surface area contributed by atoms with Crippen molar-refractivity contribution in [1.29, 1.82) is 0 Å². The maximum absolute atomic E-state index is 15.0. The second-order valence-electron chi connectivity index (χ2n) is 28.0. The Morgan fingerprint density at radius 1 is 0.591 bits per heavy atom. The molecule has 11 atom stereocenters. The Morgan fingerprint density at radius 3 is 1.60 bits per heavy atom. The van der Waals surface area contributed by atoms with E-state index >= 15 is 0 Å². The normalized spacial score (nSPS) is 15.8. The molecule has 0 saturated carbocycles. The molecule has 1 aliphatic carbocycles. The second-order valence-corrected chi connectivity index (χ2v) is 28.0. The van der Waals surface area contributed by atoms with Crippen molar-refractivity contribution < 1.29 is 67.3 Å². The van der Waals surface area contributed by atoms with Crippen LogP contribution in [0.25, 0.3) is 11.1 Å². The number of carbonyl (C=O) groups excluding carboxylic acids is 11. The van der Waals surface area contributed by atoms with Gasteiger partial charge in [-0.1, -0.05) is 151 Å². The molecule has 3 N–H and O–H groups in total. The fraction of sp³-hybridized carbons (Fsp3) is 0.662. The van der Waals surface area contributed by atoms with Gasteiger partial charge in [0.25, 0.3) is 0 Å². The number of carbonyl (C=O) groups is 11. The van der Waals surface area contributed by atoms with E-state index in [1.54, 1.807) is 41.7 Å². The molecule has 0 heterocycles. The minimum absolute atomic E-state index is 0.0164. The van der Waals surface area contributed by atoms with Crippen molar-refractivity contribution in [2.45, 2.75) is 224 Å². The van der Waals surface area contributed by atoms with Crippen LogP contribution in [0.3, 0.4) is 0 Å². The number of hydrogen-bond donors (Lipinski definition) is 3. The molecule has 0 fully saturated rings. The molecule has 1 aliphatic rings. The third-order valence-corrected chi connectivity index (χ3v) is 18.1. The molecular weight excluding hydrogens is 1180 g/mol. The smallest absolute Gasteiger partial charge is 0.306 e. The maximum Gasteiger partial charge on any atom is 0.306 e. The number of fused-ring (bicyclic) bond motifs is 3. The van der Waals surface area contributed by atoms with E-state index in [4.69, 9.17) is 9.47 Å². The van der Waals surface area contributed by atoms with E-state index in [0.29, 0.717) is 12.8 Å². The zero-order chi connectivity index (χ0) is 70.3. The average molecular weight is 1300 g/mol. The predicted octanol–water partition coefficient (Wildman–Crippen LogP) is 10.3. The number of hydrogen-bond acceptors (Lipinski definition) is 14. The van der Waals surface area contributed by atoms with Gasteiger partial charge in [0, 0.05) is 78.1 Å². The Morgan fingerprint density at radius 2 is 1.12 bits per heavy atom. The van der Waals surface area contributed by atoms with E-state index in [9.17, 15) is 57.8 Å². The van der Waals surface area contributed by atoms with Crippen LogP contribution in [-0.2, 0) is 62.2 Å². The van der Waals surface area contributed by atoms with E-state index in [2.05, 4.69) is 22.8 Å². The van der Waals surface area contributed by atoms with Gasteiger partial charge in [0.15, 0.2) is 23.1 Å². The lowest BCUT2D eigenvalue weighted by Crippen LogP contribution is -2.53. The molecule has 5 amide bonds. The largest absolute Gasteiger partial charge is 0.465 e. The topological polar surface area (TPSA) is 260 Å². The molecule has 2 aromatic rings. The van der Waals surface area contributed by atoms with Gasteiger partial charge < -0.3 is 39.9 Å². The van der Waals surface area contributed by atoms with Gasteiger partial charge >= 0.3 is 11.9 Å². The Bertz CT molecular complexity index is 2850. The monoisotopic (exact) mass is 1300 g/mol. The summed E-state index contributed by atoms with van der Waals surface area (Å²) in [5, 5.41) is 15.0. The molecular formula is C74H113N5O14. The van der Waals surface area contributed by atoms with Crippen LogP contribution in [-0.4, -0.2) is 155 Å². The molecule has 19 heteroatoms. The van der Waals surface area contributed by atoms with Gasteiger partial charge in [-0.05, 0) is 110 Å². The van der Waals surface area contributed by atoms with E-state index in [0.717, 1.165) is 22.3 Å². The fourth-order valence-corrected chi connectivity index (χ4v) is 13.0. The molecule has 3 rings (SSSR count). The summed E-state index contributed by atoms with van der Waals surface area (Å²) in [7, 11) is 4.52. The lowest BCUT2D eigenvalue weighted by molar-refractivity contribution is -0.158. The summed E-state index contributed by atoms with van der Waals surface area (Å²) in [6, 6.07) is 10.9. The van der Waals surface area contributed by atoms with Crippen molar-refractivity contribution in [3.05, 3.63) is 71.8 Å². The van der Waals surface area contributed by atoms with Crippen LogP contribution < -0.4 is 10.6 Å². The Kier molecular flexibility index (Phi) is 33.2. The number of aliphatic hydroxyl groups is 1. The Balaban J connectivity index is 1.81. The highest BCUT2D eigenvalue weighted by molar-refractivity contribution is 5.98. The molecule has 0 spiro atoms. The van der Waals surface area contributed by atoms with E-state index in [-0.39, 0.29) is 106 Å². The van der Waals surface area contributed by atoms with E-state index in [1.807, 2.05) is 111 Å². The number of Topliss-reactive ketones (excluding diaryl/α,β-unsaturated/α-hetero) is 4. The number of esters is 2. The minimum atomic E-state index is -1.27. The third kappa shape index (κ3) is 23.5. The van der Waals surface area contributed by atoms with Crippen molar-refractivity contribution in [3.8, 4) is 11.1 Å². The number of nitrogens with one attached hydrogen (secondary N) is 2.